The number of Topliss-reactive ketones (excluding diaryl/α,β-unsaturated/α-hetero) is 1. The number of ketones is 1. The molecule has 0 fully saturated rings. The Balaban J connectivity index is 5.17. The molecule has 0 spiro atoms. The number of carboxylic acids is 1. The summed E-state index contributed by atoms with van der Waals surface area (Å²) in [4.78, 5) is 61.8. The molecule has 36 heavy (non-hydrogen) atoms. The van der Waals surface area contributed by atoms with Crippen LogP contribution in [0.15, 0.2) is 0 Å². The number of ether oxygens (including phenoxy) is 3. The van der Waals surface area contributed by atoms with Gasteiger partial charge in [0.1, 0.15) is 16.8 Å². The summed E-state index contributed by atoms with van der Waals surface area (Å²) in [5.41, 5.74) is -2.37. The van der Waals surface area contributed by atoms with Crippen molar-refractivity contribution in [2.24, 2.45) is 0 Å². The van der Waals surface area contributed by atoms with Crippen LogP contribution in [0.4, 0.5) is 14.4 Å². The summed E-state index contributed by atoms with van der Waals surface area (Å²) in [7, 11) is 0. The number of nitrogens with one attached hydrogen (secondary N) is 3. The van der Waals surface area contributed by atoms with Crippen LogP contribution in [0.2, 0.25) is 0 Å². The molecule has 0 rings (SSSR count). The molecule has 0 bridgehead atoms. The van der Waals surface area contributed by atoms with Gasteiger partial charge in [-0.2, -0.15) is 0 Å². The molecule has 0 aromatic heterocycles. The Hall–Kier alpha value is -3.09. The number of rotatable bonds is 11. The predicted octanol–water partition coefficient (Wildman–Crippen LogP) is 1.88. The third-order valence-corrected chi connectivity index (χ3v) is 3.77. The van der Waals surface area contributed by atoms with Crippen molar-refractivity contribution in [2.75, 3.05) is 32.7 Å². The normalized spacial score (nSPS) is 12.7. The van der Waals surface area contributed by atoms with E-state index in [1.807, 2.05) is 0 Å². The highest BCUT2D eigenvalue weighted by Crippen LogP contribution is 2.13. The van der Waals surface area contributed by atoms with Crippen LogP contribution in [0.25, 0.3) is 0 Å². The quantitative estimate of drug-likeness (QED) is 0.180. The van der Waals surface area contributed by atoms with Crippen molar-refractivity contribution in [3.05, 3.63) is 0 Å². The number of hydrogen-bond donors (Lipinski definition) is 4. The fourth-order valence-electron chi connectivity index (χ4n) is 2.56. The number of amides is 3. The highest BCUT2D eigenvalue weighted by atomic mass is 16.6. The molecule has 0 saturated heterocycles. The van der Waals surface area contributed by atoms with Crippen LogP contribution in [0.5, 0.6) is 0 Å². The van der Waals surface area contributed by atoms with Gasteiger partial charge in [-0.25, -0.2) is 19.2 Å². The molecular weight excluding hydrogens is 476 g/mol. The van der Waals surface area contributed by atoms with Gasteiger partial charge in [-0.15, -0.1) is 0 Å². The van der Waals surface area contributed by atoms with E-state index in [1.165, 1.54) is 0 Å². The van der Waals surface area contributed by atoms with Crippen LogP contribution in [0.3, 0.4) is 0 Å². The van der Waals surface area contributed by atoms with E-state index in [1.54, 1.807) is 62.3 Å². The number of carbonyl (C=O) groups is 5. The van der Waals surface area contributed by atoms with Gasteiger partial charge in [-0.3, -0.25) is 9.69 Å². The molecule has 1 unspecified atom stereocenters. The van der Waals surface area contributed by atoms with E-state index in [4.69, 9.17) is 14.2 Å². The Kier molecular flexibility index (Phi) is 12.7. The Morgan fingerprint density at radius 3 is 1.58 bits per heavy atom. The van der Waals surface area contributed by atoms with Gasteiger partial charge in [0.05, 0.1) is 6.54 Å². The van der Waals surface area contributed by atoms with Gasteiger partial charge in [-0.05, 0) is 62.3 Å². The molecule has 1 atom stereocenters. The number of carbonyl (C=O) groups excluding carboxylic acids is 4. The lowest BCUT2D eigenvalue weighted by Crippen LogP contribution is -2.55. The maximum Gasteiger partial charge on any atom is 0.411 e. The second kappa shape index (κ2) is 13.9. The van der Waals surface area contributed by atoms with Gasteiger partial charge in [0.15, 0.2) is 11.8 Å². The Labute approximate surface area is 212 Å². The highest BCUT2D eigenvalue weighted by Gasteiger charge is 2.37. The molecule has 0 aromatic carbocycles. The van der Waals surface area contributed by atoms with Gasteiger partial charge in [0.2, 0.25) is 0 Å². The number of alkyl carbamates (subject to hydrolysis) is 2. The summed E-state index contributed by atoms with van der Waals surface area (Å²) in [5, 5.41) is 17.4. The fraction of sp³-hybridized carbons (Fsp3) is 0.783. The van der Waals surface area contributed by atoms with Crippen LogP contribution in [0, 0.1) is 0 Å². The van der Waals surface area contributed by atoms with E-state index in [-0.39, 0.29) is 26.2 Å². The first kappa shape index (κ1) is 32.9. The van der Waals surface area contributed by atoms with E-state index < -0.39 is 59.4 Å². The first-order chi connectivity index (χ1) is 16.2. The molecule has 13 nitrogen and oxygen atoms in total. The van der Waals surface area contributed by atoms with Gasteiger partial charge in [0.25, 0.3) is 0 Å². The summed E-state index contributed by atoms with van der Waals surface area (Å²) in [6, 6.07) is -1.87. The molecule has 0 heterocycles. The van der Waals surface area contributed by atoms with Gasteiger partial charge in [-0.1, -0.05) is 0 Å². The van der Waals surface area contributed by atoms with Crippen LogP contribution in [0.1, 0.15) is 62.3 Å². The van der Waals surface area contributed by atoms with Crippen LogP contribution < -0.4 is 16.0 Å². The minimum atomic E-state index is -1.87. The minimum Gasteiger partial charge on any atom is -0.479 e. The Bertz CT molecular complexity index is 780. The molecular formula is C23H42N4O9. The molecule has 0 aromatic rings. The zero-order valence-corrected chi connectivity index (χ0v) is 22.8. The van der Waals surface area contributed by atoms with Crippen molar-refractivity contribution in [1.29, 1.82) is 0 Å². The number of hydrogen-bond acceptors (Lipinski definition) is 9. The fourth-order valence-corrected chi connectivity index (χ4v) is 2.56. The topological polar surface area (TPSA) is 173 Å². The van der Waals surface area contributed by atoms with Crippen molar-refractivity contribution in [2.45, 2.75) is 85.2 Å². The molecule has 208 valence electrons. The van der Waals surface area contributed by atoms with E-state index in [0.29, 0.717) is 0 Å². The third kappa shape index (κ3) is 15.7. The van der Waals surface area contributed by atoms with Crippen molar-refractivity contribution in [3.8, 4) is 0 Å². The third-order valence-electron chi connectivity index (χ3n) is 3.77. The second-order valence-corrected chi connectivity index (χ2v) is 10.9. The lowest BCUT2D eigenvalue weighted by Gasteiger charge is -2.31. The molecule has 0 aliphatic heterocycles. The zero-order chi connectivity index (χ0) is 28.3. The summed E-state index contributed by atoms with van der Waals surface area (Å²) in [6.07, 6.45) is -2.42. The maximum absolute atomic E-state index is 12.7. The number of nitrogens with zero attached hydrogens (tertiary/aromatic N) is 1. The molecule has 13 heteroatoms. The Morgan fingerprint density at radius 2 is 1.17 bits per heavy atom. The summed E-state index contributed by atoms with van der Waals surface area (Å²) in [5.74, 6) is -2.38. The predicted molar refractivity (Wildman–Crippen MR) is 131 cm³/mol. The Morgan fingerprint density at radius 1 is 0.722 bits per heavy atom. The average molecular weight is 519 g/mol. The lowest BCUT2D eigenvalue weighted by molar-refractivity contribution is -0.147. The molecule has 0 aliphatic carbocycles. The molecule has 0 radical (unpaired) electrons. The van der Waals surface area contributed by atoms with Crippen molar-refractivity contribution >= 4 is 30.0 Å². The zero-order valence-electron chi connectivity index (χ0n) is 22.8. The summed E-state index contributed by atoms with van der Waals surface area (Å²) in [6.45, 7) is 14.3. The number of carboxylic acid groups (broad SMARTS) is 1. The SMILES string of the molecule is CC(C)(C)OC(=O)NCCNCC(=O)C(C(=O)O)N(CCNC(=O)OC(C)(C)C)C(=O)OC(C)(C)C. The van der Waals surface area contributed by atoms with E-state index in [2.05, 4.69) is 16.0 Å². The lowest BCUT2D eigenvalue weighted by atomic mass is 10.1. The minimum absolute atomic E-state index is 0.121. The van der Waals surface area contributed by atoms with Crippen molar-refractivity contribution in [1.82, 2.24) is 20.9 Å². The standard InChI is InChI=1S/C23H42N4O9/c1-21(2,3)34-18(31)25-11-10-24-14-15(28)16(17(29)30)27(20(33)36-23(7,8)9)13-12-26-19(32)35-22(4,5)6/h16,24H,10-14H2,1-9H3,(H,25,31)(H,26,32)(H,29,30). The summed E-state index contributed by atoms with van der Waals surface area (Å²) < 4.78 is 15.5. The van der Waals surface area contributed by atoms with Gasteiger partial charge in [0, 0.05) is 26.2 Å². The molecule has 0 aliphatic rings. The molecule has 3 amide bonds. The number of aliphatic carboxylic acids is 1. The first-order valence-corrected chi connectivity index (χ1v) is 11.6. The highest BCUT2D eigenvalue weighted by molar-refractivity contribution is 6.05. The largest absolute Gasteiger partial charge is 0.479 e. The van der Waals surface area contributed by atoms with Gasteiger partial charge >= 0.3 is 24.2 Å². The van der Waals surface area contributed by atoms with E-state index in [9.17, 15) is 29.1 Å². The van der Waals surface area contributed by atoms with Crippen LogP contribution in [-0.2, 0) is 23.8 Å². The van der Waals surface area contributed by atoms with Crippen LogP contribution >= 0.6 is 0 Å². The average Bonchev–Trinajstić information content (AvgIpc) is 2.62. The molecule has 0 saturated carbocycles. The molecule has 4 N–H and O–H groups in total. The van der Waals surface area contributed by atoms with Crippen molar-refractivity contribution < 1.29 is 43.3 Å². The maximum atomic E-state index is 12.7. The smallest absolute Gasteiger partial charge is 0.411 e. The second-order valence-electron chi connectivity index (χ2n) is 10.9. The van der Waals surface area contributed by atoms with Crippen LogP contribution in [-0.4, -0.2) is 95.6 Å². The summed E-state index contributed by atoms with van der Waals surface area (Å²) >= 11 is 0. The van der Waals surface area contributed by atoms with E-state index in [0.717, 1.165) is 4.90 Å². The van der Waals surface area contributed by atoms with Crippen molar-refractivity contribution in [3.63, 3.8) is 0 Å². The first-order valence-electron chi connectivity index (χ1n) is 11.6. The monoisotopic (exact) mass is 518 g/mol. The van der Waals surface area contributed by atoms with Gasteiger partial charge < -0.3 is 35.3 Å². The van der Waals surface area contributed by atoms with E-state index >= 15 is 0 Å².